The standard InChI is InChI=1S/C15H17NO4/c1-15(2)8-12(17)16(13(18)9-15)11-6-4-3-5-10(11)7-14(19)20/h3-6H,7-9H2,1-2H3,(H,19,20). The summed E-state index contributed by atoms with van der Waals surface area (Å²) in [5.74, 6) is -1.54. The fraction of sp³-hybridized carbons (Fsp3) is 0.400. The van der Waals surface area contributed by atoms with E-state index in [-0.39, 0.29) is 36.5 Å². The molecule has 0 spiro atoms. The Morgan fingerprint density at radius 2 is 1.75 bits per heavy atom. The lowest BCUT2D eigenvalue weighted by atomic mass is 9.81. The number of piperidine rings is 1. The van der Waals surface area contributed by atoms with E-state index in [0.717, 1.165) is 4.90 Å². The number of amides is 2. The number of carboxylic acids is 1. The van der Waals surface area contributed by atoms with Crippen molar-refractivity contribution in [3.63, 3.8) is 0 Å². The Kier molecular flexibility index (Phi) is 3.61. The number of carbonyl (C=O) groups excluding carboxylic acids is 2. The topological polar surface area (TPSA) is 74.7 Å². The van der Waals surface area contributed by atoms with E-state index >= 15 is 0 Å². The van der Waals surface area contributed by atoms with Gasteiger partial charge >= 0.3 is 5.97 Å². The van der Waals surface area contributed by atoms with E-state index in [1.165, 1.54) is 0 Å². The van der Waals surface area contributed by atoms with Crippen LogP contribution in [0, 0.1) is 5.41 Å². The molecular weight excluding hydrogens is 258 g/mol. The van der Waals surface area contributed by atoms with Gasteiger partial charge in [-0.15, -0.1) is 0 Å². The van der Waals surface area contributed by atoms with Gasteiger partial charge in [-0.3, -0.25) is 19.3 Å². The normalized spacial score (nSPS) is 18.2. The number of aliphatic carboxylic acids is 1. The molecule has 20 heavy (non-hydrogen) atoms. The molecule has 0 aliphatic carbocycles. The van der Waals surface area contributed by atoms with Crippen molar-refractivity contribution in [2.75, 3.05) is 4.90 Å². The highest BCUT2D eigenvalue weighted by Crippen LogP contribution is 2.35. The molecule has 5 heteroatoms. The van der Waals surface area contributed by atoms with Gasteiger partial charge in [-0.25, -0.2) is 0 Å². The largest absolute Gasteiger partial charge is 0.481 e. The second kappa shape index (κ2) is 5.07. The minimum Gasteiger partial charge on any atom is -0.481 e. The summed E-state index contributed by atoms with van der Waals surface area (Å²) in [4.78, 5) is 36.4. The highest BCUT2D eigenvalue weighted by Gasteiger charge is 2.38. The second-order valence-electron chi connectivity index (χ2n) is 5.84. The van der Waals surface area contributed by atoms with Crippen LogP contribution in [0.5, 0.6) is 0 Å². The van der Waals surface area contributed by atoms with Crippen LogP contribution in [0.15, 0.2) is 24.3 Å². The first-order valence-electron chi connectivity index (χ1n) is 6.46. The van der Waals surface area contributed by atoms with Gasteiger partial charge in [-0.05, 0) is 17.0 Å². The fourth-order valence-electron chi connectivity index (χ4n) is 2.49. The van der Waals surface area contributed by atoms with Crippen molar-refractivity contribution < 1.29 is 19.5 Å². The van der Waals surface area contributed by atoms with Gasteiger partial charge in [0.05, 0.1) is 12.1 Å². The first-order valence-corrected chi connectivity index (χ1v) is 6.46. The lowest BCUT2D eigenvalue weighted by Gasteiger charge is -2.35. The van der Waals surface area contributed by atoms with Crippen molar-refractivity contribution >= 4 is 23.5 Å². The van der Waals surface area contributed by atoms with Gasteiger partial charge in [0, 0.05) is 12.8 Å². The zero-order valence-corrected chi connectivity index (χ0v) is 11.5. The Balaban J connectivity index is 2.39. The molecule has 1 fully saturated rings. The van der Waals surface area contributed by atoms with E-state index in [0.29, 0.717) is 11.3 Å². The quantitative estimate of drug-likeness (QED) is 0.856. The van der Waals surface area contributed by atoms with Crippen LogP contribution >= 0.6 is 0 Å². The maximum absolute atomic E-state index is 12.2. The third kappa shape index (κ3) is 2.87. The highest BCUT2D eigenvalue weighted by atomic mass is 16.4. The van der Waals surface area contributed by atoms with Crippen LogP contribution in [0.3, 0.4) is 0 Å². The number of hydrogen-bond donors (Lipinski definition) is 1. The first-order chi connectivity index (χ1) is 9.30. The summed E-state index contributed by atoms with van der Waals surface area (Å²) in [6.07, 6.45) is 0.344. The summed E-state index contributed by atoms with van der Waals surface area (Å²) in [5, 5.41) is 8.92. The molecule has 1 aliphatic rings. The van der Waals surface area contributed by atoms with Crippen molar-refractivity contribution in [3.8, 4) is 0 Å². The van der Waals surface area contributed by atoms with Gasteiger partial charge < -0.3 is 5.11 Å². The zero-order chi connectivity index (χ0) is 14.9. The molecule has 106 valence electrons. The molecule has 1 aliphatic heterocycles. The van der Waals surface area contributed by atoms with Crippen LogP contribution in [-0.2, 0) is 20.8 Å². The summed E-state index contributed by atoms with van der Waals surface area (Å²) in [5.41, 5.74) is 0.522. The number of para-hydroxylation sites is 1. The maximum Gasteiger partial charge on any atom is 0.307 e. The van der Waals surface area contributed by atoms with Gasteiger partial charge in [0.15, 0.2) is 0 Å². The summed E-state index contributed by atoms with van der Waals surface area (Å²) in [6, 6.07) is 6.64. The van der Waals surface area contributed by atoms with Crippen molar-refractivity contribution in [2.45, 2.75) is 33.1 Å². The van der Waals surface area contributed by atoms with Crippen LogP contribution in [0.25, 0.3) is 0 Å². The Bertz CT molecular complexity index is 557. The van der Waals surface area contributed by atoms with Crippen LogP contribution in [-0.4, -0.2) is 22.9 Å². The summed E-state index contributed by atoms with van der Waals surface area (Å²) in [7, 11) is 0. The average molecular weight is 275 g/mol. The van der Waals surface area contributed by atoms with Gasteiger partial charge in [0.25, 0.3) is 0 Å². The van der Waals surface area contributed by atoms with Crippen molar-refractivity contribution in [1.29, 1.82) is 0 Å². The molecule has 0 unspecified atom stereocenters. The number of carbonyl (C=O) groups is 3. The van der Waals surface area contributed by atoms with Crippen molar-refractivity contribution in [3.05, 3.63) is 29.8 Å². The smallest absolute Gasteiger partial charge is 0.307 e. The SMILES string of the molecule is CC1(C)CC(=O)N(c2ccccc2CC(=O)O)C(=O)C1. The molecule has 1 N–H and O–H groups in total. The highest BCUT2D eigenvalue weighted by molar-refractivity contribution is 6.17. The molecular formula is C15H17NO4. The molecule has 1 heterocycles. The third-order valence-electron chi connectivity index (χ3n) is 3.33. The van der Waals surface area contributed by atoms with E-state index in [1.54, 1.807) is 24.3 Å². The fourth-order valence-corrected chi connectivity index (χ4v) is 2.49. The van der Waals surface area contributed by atoms with Crippen LogP contribution in [0.4, 0.5) is 5.69 Å². The van der Waals surface area contributed by atoms with Crippen molar-refractivity contribution in [1.82, 2.24) is 0 Å². The molecule has 2 amide bonds. The Labute approximate surface area is 117 Å². The molecule has 1 saturated heterocycles. The number of rotatable bonds is 3. The summed E-state index contributed by atoms with van der Waals surface area (Å²) >= 11 is 0. The number of carboxylic acid groups (broad SMARTS) is 1. The number of anilines is 1. The van der Waals surface area contributed by atoms with Crippen LogP contribution in [0.1, 0.15) is 32.3 Å². The second-order valence-corrected chi connectivity index (χ2v) is 5.84. The number of imide groups is 1. The summed E-state index contributed by atoms with van der Waals surface area (Å²) < 4.78 is 0. The maximum atomic E-state index is 12.2. The minimum absolute atomic E-state index is 0.212. The van der Waals surface area contributed by atoms with E-state index in [2.05, 4.69) is 0 Å². The predicted octanol–water partition coefficient (Wildman–Crippen LogP) is 1.99. The van der Waals surface area contributed by atoms with Gasteiger partial charge in [0.1, 0.15) is 0 Å². The Morgan fingerprint density at radius 3 is 2.30 bits per heavy atom. The molecule has 0 aromatic heterocycles. The molecule has 1 aromatic carbocycles. The average Bonchev–Trinajstić information content (AvgIpc) is 2.27. The number of benzene rings is 1. The van der Waals surface area contributed by atoms with E-state index in [1.807, 2.05) is 13.8 Å². The Morgan fingerprint density at radius 1 is 1.20 bits per heavy atom. The summed E-state index contributed by atoms with van der Waals surface area (Å²) in [6.45, 7) is 3.76. The molecule has 0 atom stereocenters. The zero-order valence-electron chi connectivity index (χ0n) is 11.5. The molecule has 2 rings (SSSR count). The predicted molar refractivity (Wildman–Crippen MR) is 73.3 cm³/mol. The van der Waals surface area contributed by atoms with Crippen LogP contribution < -0.4 is 4.90 Å². The minimum atomic E-state index is -0.991. The van der Waals surface area contributed by atoms with Crippen molar-refractivity contribution in [2.24, 2.45) is 5.41 Å². The molecule has 0 saturated carbocycles. The molecule has 1 aromatic rings. The van der Waals surface area contributed by atoms with Gasteiger partial charge in [-0.1, -0.05) is 32.0 Å². The third-order valence-corrected chi connectivity index (χ3v) is 3.33. The van der Waals surface area contributed by atoms with Crippen LogP contribution in [0.2, 0.25) is 0 Å². The van der Waals surface area contributed by atoms with Gasteiger partial charge in [-0.2, -0.15) is 0 Å². The monoisotopic (exact) mass is 275 g/mol. The lowest BCUT2D eigenvalue weighted by Crippen LogP contribution is -2.46. The Hall–Kier alpha value is -2.17. The van der Waals surface area contributed by atoms with E-state index in [4.69, 9.17) is 5.11 Å². The van der Waals surface area contributed by atoms with E-state index in [9.17, 15) is 14.4 Å². The first kappa shape index (κ1) is 14.2. The van der Waals surface area contributed by atoms with Gasteiger partial charge in [0.2, 0.25) is 11.8 Å². The molecule has 0 radical (unpaired) electrons. The van der Waals surface area contributed by atoms with E-state index < -0.39 is 5.97 Å². The number of nitrogens with zero attached hydrogens (tertiary/aromatic N) is 1. The molecule has 5 nitrogen and oxygen atoms in total. The lowest BCUT2D eigenvalue weighted by molar-refractivity contribution is -0.137. The molecule has 0 bridgehead atoms. The number of hydrogen-bond acceptors (Lipinski definition) is 3.